The van der Waals surface area contributed by atoms with Crippen molar-refractivity contribution in [3.05, 3.63) is 69.8 Å². The molecule has 0 aliphatic rings. The SMILES string of the molecule is CCCCOc1c(/C=C/c2ccccn2)oc2ccc(C(=O)O)cc2c1=O. The molecule has 6 heteroatoms. The number of pyridine rings is 1. The van der Waals surface area contributed by atoms with Crippen molar-refractivity contribution in [1.29, 1.82) is 0 Å². The van der Waals surface area contributed by atoms with Crippen LogP contribution in [0.3, 0.4) is 0 Å². The highest BCUT2D eigenvalue weighted by Gasteiger charge is 2.16. The van der Waals surface area contributed by atoms with Crippen LogP contribution in [0.2, 0.25) is 0 Å². The number of aromatic nitrogens is 1. The molecule has 0 bridgehead atoms. The van der Waals surface area contributed by atoms with Crippen molar-refractivity contribution in [1.82, 2.24) is 4.98 Å². The number of hydrogen-bond donors (Lipinski definition) is 1. The van der Waals surface area contributed by atoms with Crippen molar-refractivity contribution >= 4 is 29.1 Å². The number of carboxylic acid groups (broad SMARTS) is 1. The van der Waals surface area contributed by atoms with Crippen LogP contribution < -0.4 is 10.2 Å². The molecule has 2 heterocycles. The van der Waals surface area contributed by atoms with Gasteiger partial charge in [0.15, 0.2) is 5.76 Å². The molecule has 0 aliphatic heterocycles. The number of rotatable bonds is 7. The van der Waals surface area contributed by atoms with Gasteiger partial charge in [-0.15, -0.1) is 0 Å². The molecule has 0 radical (unpaired) electrons. The number of carbonyl (C=O) groups is 1. The minimum atomic E-state index is -1.11. The van der Waals surface area contributed by atoms with E-state index in [-0.39, 0.29) is 22.5 Å². The monoisotopic (exact) mass is 365 g/mol. The molecule has 0 atom stereocenters. The molecule has 3 aromatic rings. The zero-order chi connectivity index (χ0) is 19.2. The quantitative estimate of drug-likeness (QED) is 0.630. The van der Waals surface area contributed by atoms with Crippen LogP contribution in [0, 0.1) is 0 Å². The molecule has 3 rings (SSSR count). The lowest BCUT2D eigenvalue weighted by Gasteiger charge is -2.09. The van der Waals surface area contributed by atoms with E-state index in [1.807, 2.05) is 25.1 Å². The summed E-state index contributed by atoms with van der Waals surface area (Å²) in [6, 6.07) is 9.68. The van der Waals surface area contributed by atoms with Crippen LogP contribution in [0.5, 0.6) is 5.75 Å². The third-order valence-corrected chi connectivity index (χ3v) is 3.96. The van der Waals surface area contributed by atoms with E-state index in [9.17, 15) is 9.59 Å². The van der Waals surface area contributed by atoms with Crippen molar-refractivity contribution in [2.75, 3.05) is 6.61 Å². The third kappa shape index (κ3) is 4.23. The molecule has 2 aromatic heterocycles. The fourth-order valence-electron chi connectivity index (χ4n) is 2.53. The highest BCUT2D eigenvalue weighted by Crippen LogP contribution is 2.24. The van der Waals surface area contributed by atoms with Gasteiger partial charge in [0, 0.05) is 6.20 Å². The zero-order valence-electron chi connectivity index (χ0n) is 14.8. The Morgan fingerprint density at radius 3 is 2.81 bits per heavy atom. The highest BCUT2D eigenvalue weighted by atomic mass is 16.5. The van der Waals surface area contributed by atoms with Gasteiger partial charge in [-0.1, -0.05) is 19.4 Å². The summed E-state index contributed by atoms with van der Waals surface area (Å²) in [4.78, 5) is 28.3. The molecular formula is C21H19NO5. The second-order valence-electron chi connectivity index (χ2n) is 5.93. The minimum Gasteiger partial charge on any atom is -0.486 e. The smallest absolute Gasteiger partial charge is 0.335 e. The van der Waals surface area contributed by atoms with Gasteiger partial charge in [-0.3, -0.25) is 9.78 Å². The first-order chi connectivity index (χ1) is 13.1. The normalized spacial score (nSPS) is 11.1. The van der Waals surface area contributed by atoms with Crippen LogP contribution in [0.4, 0.5) is 0 Å². The first-order valence-corrected chi connectivity index (χ1v) is 8.66. The summed E-state index contributed by atoms with van der Waals surface area (Å²) in [6.45, 7) is 2.39. The van der Waals surface area contributed by atoms with Crippen molar-refractivity contribution in [3.63, 3.8) is 0 Å². The van der Waals surface area contributed by atoms with E-state index in [0.717, 1.165) is 12.8 Å². The van der Waals surface area contributed by atoms with Crippen LogP contribution in [0.15, 0.2) is 51.8 Å². The molecule has 1 N–H and O–H groups in total. The van der Waals surface area contributed by atoms with Crippen LogP contribution >= 0.6 is 0 Å². The maximum Gasteiger partial charge on any atom is 0.335 e. The Morgan fingerprint density at radius 2 is 2.11 bits per heavy atom. The van der Waals surface area contributed by atoms with E-state index >= 15 is 0 Å². The van der Waals surface area contributed by atoms with Gasteiger partial charge in [0.05, 0.1) is 23.3 Å². The first-order valence-electron chi connectivity index (χ1n) is 8.66. The molecule has 0 fully saturated rings. The maximum atomic E-state index is 12.9. The minimum absolute atomic E-state index is 0.0195. The Balaban J connectivity index is 2.10. The Labute approximate surface area is 155 Å². The summed E-state index contributed by atoms with van der Waals surface area (Å²) in [5.41, 5.74) is 0.636. The number of aromatic carboxylic acids is 1. The van der Waals surface area contributed by atoms with Crippen molar-refractivity contribution in [3.8, 4) is 5.75 Å². The number of fused-ring (bicyclic) bond motifs is 1. The molecule has 138 valence electrons. The fraction of sp³-hybridized carbons (Fsp3) is 0.190. The number of nitrogens with zero attached hydrogens (tertiary/aromatic N) is 1. The number of carboxylic acids is 1. The molecular weight excluding hydrogens is 346 g/mol. The Bertz CT molecular complexity index is 1040. The van der Waals surface area contributed by atoms with E-state index in [2.05, 4.69) is 4.98 Å². The lowest BCUT2D eigenvalue weighted by atomic mass is 10.1. The topological polar surface area (TPSA) is 89.6 Å². The first kappa shape index (κ1) is 18.4. The number of unbranched alkanes of at least 4 members (excludes halogenated alkanes) is 1. The Hall–Kier alpha value is -3.41. The molecule has 0 amide bonds. The molecule has 6 nitrogen and oxygen atoms in total. The van der Waals surface area contributed by atoms with Gasteiger partial charge in [0.2, 0.25) is 11.2 Å². The second kappa shape index (κ2) is 8.31. The summed E-state index contributed by atoms with van der Waals surface area (Å²) < 4.78 is 11.5. The van der Waals surface area contributed by atoms with Crippen molar-refractivity contribution in [2.45, 2.75) is 19.8 Å². The van der Waals surface area contributed by atoms with E-state index in [4.69, 9.17) is 14.3 Å². The largest absolute Gasteiger partial charge is 0.486 e. The maximum absolute atomic E-state index is 12.9. The van der Waals surface area contributed by atoms with Crippen molar-refractivity contribution in [2.24, 2.45) is 0 Å². The fourth-order valence-corrected chi connectivity index (χ4v) is 2.53. The van der Waals surface area contributed by atoms with Gasteiger partial charge in [0.25, 0.3) is 0 Å². The van der Waals surface area contributed by atoms with Crippen LogP contribution in [-0.2, 0) is 0 Å². The highest BCUT2D eigenvalue weighted by molar-refractivity contribution is 5.93. The average Bonchev–Trinajstić information content (AvgIpc) is 2.69. The second-order valence-corrected chi connectivity index (χ2v) is 5.93. The molecule has 0 unspecified atom stereocenters. The molecule has 0 spiro atoms. The third-order valence-electron chi connectivity index (χ3n) is 3.96. The Kier molecular flexibility index (Phi) is 5.66. The van der Waals surface area contributed by atoms with E-state index < -0.39 is 11.4 Å². The van der Waals surface area contributed by atoms with Gasteiger partial charge >= 0.3 is 5.97 Å². The van der Waals surface area contributed by atoms with Gasteiger partial charge in [-0.25, -0.2) is 4.79 Å². The number of benzene rings is 1. The summed E-state index contributed by atoms with van der Waals surface area (Å²) in [7, 11) is 0. The summed E-state index contributed by atoms with van der Waals surface area (Å²) in [5.74, 6) is -0.758. The molecule has 0 aliphatic carbocycles. The summed E-state index contributed by atoms with van der Waals surface area (Å²) in [6.07, 6.45) is 6.73. The lowest BCUT2D eigenvalue weighted by Crippen LogP contribution is -2.12. The van der Waals surface area contributed by atoms with E-state index in [0.29, 0.717) is 17.9 Å². The van der Waals surface area contributed by atoms with Gasteiger partial charge in [-0.2, -0.15) is 0 Å². The van der Waals surface area contributed by atoms with Crippen LogP contribution in [0.25, 0.3) is 23.1 Å². The predicted octanol–water partition coefficient (Wildman–Crippen LogP) is 4.24. The zero-order valence-corrected chi connectivity index (χ0v) is 14.8. The number of hydrogen-bond acceptors (Lipinski definition) is 5. The predicted molar refractivity (Wildman–Crippen MR) is 103 cm³/mol. The molecule has 0 saturated heterocycles. The standard InChI is InChI=1S/C21H19NO5/c1-2-3-12-26-20-18(10-8-15-6-4-5-11-22-15)27-17-9-7-14(21(24)25)13-16(17)19(20)23/h4-11,13H,2-3,12H2,1H3,(H,24,25)/b10-8+. The van der Waals surface area contributed by atoms with E-state index in [1.165, 1.54) is 18.2 Å². The Morgan fingerprint density at radius 1 is 1.26 bits per heavy atom. The molecule has 1 aromatic carbocycles. The van der Waals surface area contributed by atoms with Gasteiger partial charge in [0.1, 0.15) is 5.58 Å². The van der Waals surface area contributed by atoms with E-state index in [1.54, 1.807) is 18.3 Å². The molecule has 27 heavy (non-hydrogen) atoms. The molecule has 0 saturated carbocycles. The summed E-state index contributed by atoms with van der Waals surface area (Å²) in [5, 5.41) is 9.34. The number of ether oxygens (including phenoxy) is 1. The van der Waals surface area contributed by atoms with Gasteiger partial charge in [-0.05, 0) is 48.9 Å². The summed E-state index contributed by atoms with van der Waals surface area (Å²) >= 11 is 0. The van der Waals surface area contributed by atoms with Gasteiger partial charge < -0.3 is 14.3 Å². The lowest BCUT2D eigenvalue weighted by molar-refractivity contribution is 0.0697. The van der Waals surface area contributed by atoms with Crippen LogP contribution in [0.1, 0.15) is 41.6 Å². The van der Waals surface area contributed by atoms with Crippen LogP contribution in [-0.4, -0.2) is 22.7 Å². The average molecular weight is 365 g/mol. The van der Waals surface area contributed by atoms with Crippen molar-refractivity contribution < 1.29 is 19.1 Å².